The summed E-state index contributed by atoms with van der Waals surface area (Å²) in [7, 11) is 0. The fourth-order valence-corrected chi connectivity index (χ4v) is 29.0. The van der Waals surface area contributed by atoms with Crippen LogP contribution in [0, 0.1) is 3.63 Å². The van der Waals surface area contributed by atoms with Gasteiger partial charge in [0.15, 0.2) is 0 Å². The van der Waals surface area contributed by atoms with Crippen molar-refractivity contribution in [3.05, 3.63) is 74.7 Å². The van der Waals surface area contributed by atoms with Gasteiger partial charge in [-0.2, -0.15) is 0 Å². The Balaban J connectivity index is 3.38. The quantitative estimate of drug-likeness (QED) is 0.131. The first kappa shape index (κ1) is 35.4. The first-order valence-electron chi connectivity index (χ1n) is 14.2. The van der Waals surface area contributed by atoms with Gasteiger partial charge in [0, 0.05) is 0 Å². The van der Waals surface area contributed by atoms with E-state index in [4.69, 9.17) is 0 Å². The van der Waals surface area contributed by atoms with E-state index < -0.39 is 75.0 Å². The zero-order valence-corrected chi connectivity index (χ0v) is 28.0. The van der Waals surface area contributed by atoms with Crippen LogP contribution in [0.2, 0.25) is 4.64 Å². The van der Waals surface area contributed by atoms with Crippen LogP contribution in [0.3, 0.4) is 0 Å². The normalized spacial score (nSPS) is 15.8. The van der Waals surface area contributed by atoms with E-state index in [-0.39, 0.29) is 22.3 Å². The fraction of sp³-hybridized carbons (Fsp3) is 0.531. The van der Waals surface area contributed by atoms with Crippen LogP contribution in [0.15, 0.2) is 48.8 Å². The monoisotopic (exact) mass is 800 g/mol. The van der Waals surface area contributed by atoms with Gasteiger partial charge in [-0.1, -0.05) is 0 Å². The Morgan fingerprint density at radius 3 is 1.16 bits per heavy atom. The second-order valence-electron chi connectivity index (χ2n) is 12.0. The van der Waals surface area contributed by atoms with Crippen molar-refractivity contribution in [2.75, 3.05) is 6.61 Å². The van der Waals surface area contributed by atoms with Crippen molar-refractivity contribution in [3.8, 4) is 0 Å². The Morgan fingerprint density at radius 1 is 0.628 bits per heavy atom. The molecule has 0 amide bonds. The molecule has 0 spiro atoms. The molecule has 11 heteroatoms. The Hall–Kier alpha value is -2.11. The van der Waals surface area contributed by atoms with Crippen molar-refractivity contribution in [1.29, 1.82) is 0 Å². The van der Waals surface area contributed by atoms with Gasteiger partial charge < -0.3 is 0 Å². The molecule has 0 fully saturated rings. The Labute approximate surface area is 247 Å². The number of nitrogens with one attached hydrogen (secondary N) is 2. The Morgan fingerprint density at radius 2 is 0.930 bits per heavy atom. The number of hydrogen-bond acceptors (Lipinski definition) is 2. The number of aromatic nitrogens is 2. The summed E-state index contributed by atoms with van der Waals surface area (Å²) >= 11 is -9.72. The van der Waals surface area contributed by atoms with Gasteiger partial charge in [0.25, 0.3) is 0 Å². The SMILES string of the molecule is CC(C)c1cccc(C(C)C)[c]1[Au]([CH2]C(O)CO)([c]1c(C(C)C)cccc1C(C)C)(=[c]1[nH]cc[nH]1)([C](F)(F)F)[C](F)(F)F. The van der Waals surface area contributed by atoms with Crippen molar-refractivity contribution in [2.45, 2.75) is 98.6 Å². The summed E-state index contributed by atoms with van der Waals surface area (Å²) in [5.74, 6) is -3.04. The Kier molecular flexibility index (Phi) is 9.34. The van der Waals surface area contributed by atoms with Gasteiger partial charge in [0.1, 0.15) is 0 Å². The van der Waals surface area contributed by atoms with Crippen molar-refractivity contribution in [1.82, 2.24) is 9.97 Å². The van der Waals surface area contributed by atoms with Crippen LogP contribution in [0.4, 0.5) is 26.3 Å². The van der Waals surface area contributed by atoms with Gasteiger partial charge >= 0.3 is 248 Å². The molecule has 0 bridgehead atoms. The summed E-state index contributed by atoms with van der Waals surface area (Å²) in [6.45, 7) is 11.4. The molecule has 2 aromatic carbocycles. The molecular weight excluding hydrogens is 755 g/mol. The summed E-state index contributed by atoms with van der Waals surface area (Å²) in [5.41, 5.74) is -0.378. The number of halogens is 6. The maximum absolute atomic E-state index is 17.5. The van der Waals surface area contributed by atoms with E-state index in [9.17, 15) is 10.2 Å². The number of hydrogen-bond donors (Lipinski definition) is 4. The van der Waals surface area contributed by atoms with Crippen LogP contribution >= 0.6 is 0 Å². The van der Waals surface area contributed by atoms with E-state index in [1.807, 2.05) is 0 Å². The predicted octanol–water partition coefficient (Wildman–Crippen LogP) is 8.06. The van der Waals surface area contributed by atoms with Gasteiger partial charge in [-0.15, -0.1) is 0 Å². The molecule has 0 aliphatic heterocycles. The second-order valence-corrected chi connectivity index (χ2v) is 27.8. The van der Waals surface area contributed by atoms with E-state index >= 15 is 26.3 Å². The molecule has 3 aromatic rings. The first-order valence-corrected chi connectivity index (χ1v) is 21.1. The topological polar surface area (TPSA) is 72.0 Å². The van der Waals surface area contributed by atoms with Crippen LogP contribution in [0.1, 0.15) is 101 Å². The minimum absolute atomic E-state index is 0.0946. The molecule has 1 aromatic heterocycles. The summed E-state index contributed by atoms with van der Waals surface area (Å²) in [6, 6.07) is 8.42. The molecular formula is C32H45AuF6N2O2. The number of aliphatic hydroxyl groups excluding tert-OH is 2. The number of benzene rings is 2. The molecule has 248 valence electrons. The average molecular weight is 801 g/mol. The molecule has 0 saturated heterocycles. The third-order valence-corrected chi connectivity index (χ3v) is 29.6. The number of aromatic amines is 2. The number of rotatable bonds is 9. The zero-order valence-electron chi connectivity index (χ0n) is 25.9. The van der Waals surface area contributed by atoms with Crippen molar-refractivity contribution < 1.29 is 50.6 Å². The molecule has 4 nitrogen and oxygen atoms in total. The van der Waals surface area contributed by atoms with Crippen LogP contribution < -0.4 is 7.56 Å². The van der Waals surface area contributed by atoms with Gasteiger partial charge in [-0.05, 0) is 0 Å². The van der Waals surface area contributed by atoms with E-state index in [0.29, 0.717) is 0 Å². The third kappa shape index (κ3) is 4.12. The molecule has 0 saturated carbocycles. The molecule has 1 unspecified atom stereocenters. The number of alkyl halides is 6. The molecule has 4 N–H and O–H groups in total. The van der Waals surface area contributed by atoms with Crippen LogP contribution in [0.5, 0.6) is 0 Å². The van der Waals surface area contributed by atoms with E-state index in [2.05, 4.69) is 9.97 Å². The van der Waals surface area contributed by atoms with Crippen LogP contribution in [0.25, 0.3) is 0 Å². The second kappa shape index (κ2) is 11.4. The number of imidazole rings is 1. The fourth-order valence-electron chi connectivity index (χ4n) is 5.80. The van der Waals surface area contributed by atoms with Gasteiger partial charge in [0.05, 0.1) is 0 Å². The van der Waals surface area contributed by atoms with Crippen LogP contribution in [-0.4, -0.2) is 41.7 Å². The summed E-state index contributed by atoms with van der Waals surface area (Å²) in [4.78, 5) is 4.91. The summed E-state index contributed by atoms with van der Waals surface area (Å²) in [6.07, 6.45) is -0.292. The summed E-state index contributed by atoms with van der Waals surface area (Å²) < 4.78 is 88.5. The molecule has 0 radical (unpaired) electrons. The molecule has 1 heterocycles. The van der Waals surface area contributed by atoms with Gasteiger partial charge in [-0.25, -0.2) is 0 Å². The third-order valence-electron chi connectivity index (χ3n) is 7.81. The summed E-state index contributed by atoms with van der Waals surface area (Å²) in [5, 5.41) is 21.4. The van der Waals surface area contributed by atoms with Gasteiger partial charge in [0.2, 0.25) is 0 Å². The van der Waals surface area contributed by atoms with Crippen molar-refractivity contribution >= 4 is 7.56 Å². The van der Waals surface area contributed by atoms with Crippen molar-refractivity contribution in [2.24, 2.45) is 0 Å². The predicted molar refractivity (Wildman–Crippen MR) is 157 cm³/mol. The van der Waals surface area contributed by atoms with Crippen molar-refractivity contribution in [3.63, 3.8) is 0 Å². The molecule has 43 heavy (non-hydrogen) atoms. The van der Waals surface area contributed by atoms with E-state index in [0.717, 1.165) is 12.4 Å². The van der Waals surface area contributed by atoms with E-state index in [1.54, 1.807) is 55.4 Å². The van der Waals surface area contributed by atoms with Gasteiger partial charge in [-0.3, -0.25) is 0 Å². The van der Waals surface area contributed by atoms with Crippen LogP contribution in [-0.2, 0) is 14.0 Å². The first-order chi connectivity index (χ1) is 19.7. The number of H-pyrrole nitrogens is 2. The minimum atomic E-state index is -9.72. The Bertz CT molecular complexity index is 1430. The zero-order chi connectivity index (χ0) is 32.8. The standard InChI is InChI=1S/2C12H17.C3H4N2.C3H7O2.2CF3.Au/c2*1-9(2)11-6-5-7-12(8-11)10(3)4;1-2-5-3-4-1;1-3(5)2-4;2*2-1(3)4;/h2*5-7,9-10H,1-4H3;1-2,4-5H;3-5H,1-2H2;;;. The van der Waals surface area contributed by atoms with E-state index in [1.165, 1.54) is 36.4 Å². The molecule has 3 rings (SSSR count). The molecule has 1 atom stereocenters. The maximum atomic E-state index is 17.5. The average Bonchev–Trinajstić information content (AvgIpc) is 3.45. The number of aliphatic hydroxyl groups is 2. The molecule has 0 aliphatic carbocycles. The molecule has 0 aliphatic rings.